The molecule has 0 saturated carbocycles. The Hall–Kier alpha value is -2.45. The molecule has 0 spiro atoms. The first-order chi connectivity index (χ1) is 14.8. The fourth-order valence-corrected chi connectivity index (χ4v) is 5.15. The lowest BCUT2D eigenvalue weighted by atomic mass is 10.0. The van der Waals surface area contributed by atoms with Crippen LogP contribution >= 0.6 is 46.8 Å². The van der Waals surface area contributed by atoms with Crippen molar-refractivity contribution in [1.82, 2.24) is 15.5 Å². The average molecular weight is 489 g/mol. The SMILES string of the molecule is Cc1n[nH]c(C)c1Cc1ccc(NC(=S)NC(=O)c2sc3cc(Cl)ccc3c2Cl)cc1. The standard InChI is InChI=1S/C22H18Cl2N4OS2/c1-11-17(12(2)28-27-11)9-13-3-6-15(7-4-13)25-22(30)26-21(29)20-19(24)16-8-5-14(23)10-18(16)31-20/h3-8,10H,9H2,1-2H3,(H,27,28)(H2,25,26,29,30). The van der Waals surface area contributed by atoms with Crippen molar-refractivity contribution in [2.45, 2.75) is 20.3 Å². The number of halogens is 2. The van der Waals surface area contributed by atoms with Crippen LogP contribution in [0, 0.1) is 13.8 Å². The second-order valence-electron chi connectivity index (χ2n) is 7.08. The number of nitrogens with one attached hydrogen (secondary N) is 3. The average Bonchev–Trinajstić information content (AvgIpc) is 3.22. The number of hydrogen-bond donors (Lipinski definition) is 3. The molecule has 4 rings (SSSR count). The van der Waals surface area contributed by atoms with Crippen molar-refractivity contribution in [1.29, 1.82) is 0 Å². The van der Waals surface area contributed by atoms with E-state index in [9.17, 15) is 4.79 Å². The molecule has 3 N–H and O–H groups in total. The maximum absolute atomic E-state index is 12.7. The van der Waals surface area contributed by atoms with Gasteiger partial charge in [-0.05, 0) is 55.9 Å². The molecule has 0 bridgehead atoms. The van der Waals surface area contributed by atoms with E-state index >= 15 is 0 Å². The molecule has 5 nitrogen and oxygen atoms in total. The molecule has 0 aliphatic carbocycles. The van der Waals surface area contributed by atoms with Crippen LogP contribution in [0.4, 0.5) is 5.69 Å². The number of aryl methyl sites for hydroxylation is 2. The number of carbonyl (C=O) groups excluding carboxylic acids is 1. The summed E-state index contributed by atoms with van der Waals surface area (Å²) in [7, 11) is 0. The number of aromatic nitrogens is 2. The van der Waals surface area contributed by atoms with Gasteiger partial charge in [0.25, 0.3) is 5.91 Å². The molecule has 158 valence electrons. The topological polar surface area (TPSA) is 69.8 Å². The van der Waals surface area contributed by atoms with Crippen molar-refractivity contribution in [3.8, 4) is 0 Å². The summed E-state index contributed by atoms with van der Waals surface area (Å²) in [6.45, 7) is 4.01. The second kappa shape index (κ2) is 8.96. The summed E-state index contributed by atoms with van der Waals surface area (Å²) < 4.78 is 0.847. The van der Waals surface area contributed by atoms with Gasteiger partial charge in [-0.3, -0.25) is 15.2 Å². The molecule has 2 aromatic carbocycles. The van der Waals surface area contributed by atoms with Gasteiger partial charge < -0.3 is 5.32 Å². The lowest BCUT2D eigenvalue weighted by Crippen LogP contribution is -2.33. The third kappa shape index (κ3) is 4.75. The Labute approximate surface area is 198 Å². The number of nitrogens with zero attached hydrogens (tertiary/aromatic N) is 1. The highest BCUT2D eigenvalue weighted by Crippen LogP contribution is 2.36. The highest BCUT2D eigenvalue weighted by molar-refractivity contribution is 7.80. The molecule has 1 amide bonds. The van der Waals surface area contributed by atoms with Crippen molar-refractivity contribution in [3.63, 3.8) is 0 Å². The number of fused-ring (bicyclic) bond motifs is 1. The van der Waals surface area contributed by atoms with Crippen molar-refractivity contribution in [2.24, 2.45) is 0 Å². The number of H-pyrrole nitrogens is 1. The van der Waals surface area contributed by atoms with Crippen LogP contribution < -0.4 is 10.6 Å². The zero-order valence-corrected chi connectivity index (χ0v) is 19.8. The number of anilines is 1. The van der Waals surface area contributed by atoms with E-state index in [2.05, 4.69) is 20.8 Å². The van der Waals surface area contributed by atoms with Crippen LogP contribution in [-0.2, 0) is 6.42 Å². The summed E-state index contributed by atoms with van der Waals surface area (Å²) in [4.78, 5) is 13.1. The zero-order chi connectivity index (χ0) is 22.1. The number of thiophene rings is 1. The van der Waals surface area contributed by atoms with E-state index < -0.39 is 0 Å². The summed E-state index contributed by atoms with van der Waals surface area (Å²) in [5.41, 5.74) is 5.22. The predicted molar refractivity (Wildman–Crippen MR) is 133 cm³/mol. The van der Waals surface area contributed by atoms with Gasteiger partial charge in [0.05, 0.1) is 10.7 Å². The summed E-state index contributed by atoms with van der Waals surface area (Å²) >= 11 is 19.0. The van der Waals surface area contributed by atoms with Crippen molar-refractivity contribution >= 4 is 73.5 Å². The number of benzene rings is 2. The molecule has 31 heavy (non-hydrogen) atoms. The molecule has 2 heterocycles. The minimum atomic E-state index is -0.359. The first kappa shape index (κ1) is 21.8. The molecule has 9 heteroatoms. The van der Waals surface area contributed by atoms with Gasteiger partial charge in [-0.15, -0.1) is 11.3 Å². The minimum Gasteiger partial charge on any atom is -0.332 e. The maximum atomic E-state index is 12.7. The quantitative estimate of drug-likeness (QED) is 0.296. The fourth-order valence-electron chi connectivity index (χ4n) is 3.25. The molecule has 0 aliphatic heterocycles. The Kier molecular flexibility index (Phi) is 6.29. The van der Waals surface area contributed by atoms with Crippen LogP contribution in [0.15, 0.2) is 42.5 Å². The van der Waals surface area contributed by atoms with E-state index in [-0.39, 0.29) is 11.0 Å². The summed E-state index contributed by atoms with van der Waals surface area (Å²) in [6, 6.07) is 13.2. The zero-order valence-electron chi connectivity index (χ0n) is 16.7. The summed E-state index contributed by atoms with van der Waals surface area (Å²) in [6.07, 6.45) is 0.796. The van der Waals surface area contributed by atoms with Gasteiger partial charge in [0.2, 0.25) is 0 Å². The Morgan fingerprint density at radius 2 is 1.90 bits per heavy atom. The van der Waals surface area contributed by atoms with Gasteiger partial charge in [0, 0.05) is 38.5 Å². The van der Waals surface area contributed by atoms with E-state index in [1.165, 1.54) is 16.9 Å². The molecule has 0 fully saturated rings. The van der Waals surface area contributed by atoms with Crippen LogP contribution in [-0.4, -0.2) is 21.2 Å². The first-order valence-corrected chi connectivity index (χ1v) is 11.4. The van der Waals surface area contributed by atoms with Gasteiger partial charge in [-0.25, -0.2) is 0 Å². The summed E-state index contributed by atoms with van der Waals surface area (Å²) in [5.74, 6) is -0.359. The molecular formula is C22H18Cl2N4OS2. The Bertz CT molecular complexity index is 1280. The number of carbonyl (C=O) groups is 1. The van der Waals surface area contributed by atoms with Gasteiger partial charge in [0.1, 0.15) is 4.88 Å². The van der Waals surface area contributed by atoms with Gasteiger partial charge in [-0.1, -0.05) is 41.4 Å². The molecule has 4 aromatic rings. The number of rotatable bonds is 4. The minimum absolute atomic E-state index is 0.200. The van der Waals surface area contributed by atoms with Crippen LogP contribution in [0.5, 0.6) is 0 Å². The fraction of sp³-hybridized carbons (Fsp3) is 0.136. The second-order valence-corrected chi connectivity index (χ2v) is 9.36. The van der Waals surface area contributed by atoms with Crippen LogP contribution in [0.3, 0.4) is 0 Å². The monoisotopic (exact) mass is 488 g/mol. The highest BCUT2D eigenvalue weighted by Gasteiger charge is 2.18. The first-order valence-electron chi connectivity index (χ1n) is 9.41. The molecule has 0 aliphatic rings. The third-order valence-electron chi connectivity index (χ3n) is 4.90. The van der Waals surface area contributed by atoms with E-state index in [1.54, 1.807) is 18.2 Å². The number of amides is 1. The van der Waals surface area contributed by atoms with E-state index in [4.69, 9.17) is 35.4 Å². The van der Waals surface area contributed by atoms with Gasteiger partial charge >= 0.3 is 0 Å². The largest absolute Gasteiger partial charge is 0.332 e. The molecule has 2 aromatic heterocycles. The molecular weight excluding hydrogens is 471 g/mol. The number of thiocarbonyl (C=S) groups is 1. The molecule has 0 unspecified atom stereocenters. The number of hydrogen-bond acceptors (Lipinski definition) is 4. The van der Waals surface area contributed by atoms with E-state index in [0.717, 1.165) is 39.1 Å². The van der Waals surface area contributed by atoms with Crippen molar-refractivity contribution < 1.29 is 4.79 Å². The van der Waals surface area contributed by atoms with Crippen LogP contribution in [0.2, 0.25) is 10.0 Å². The molecule has 0 saturated heterocycles. The lowest BCUT2D eigenvalue weighted by Gasteiger charge is -2.10. The van der Waals surface area contributed by atoms with Gasteiger partial charge in [0.15, 0.2) is 5.11 Å². The van der Waals surface area contributed by atoms with E-state index in [0.29, 0.717) is 14.9 Å². The van der Waals surface area contributed by atoms with Crippen molar-refractivity contribution in [2.75, 3.05) is 5.32 Å². The lowest BCUT2D eigenvalue weighted by molar-refractivity contribution is 0.0982. The highest BCUT2D eigenvalue weighted by atomic mass is 35.5. The van der Waals surface area contributed by atoms with Crippen molar-refractivity contribution in [3.05, 3.63) is 79.9 Å². The molecule has 0 atom stereocenters. The summed E-state index contributed by atoms with van der Waals surface area (Å²) in [5, 5.41) is 14.9. The molecule has 0 radical (unpaired) electrons. The normalized spacial score (nSPS) is 11.0. The smallest absolute Gasteiger partial charge is 0.269 e. The number of aromatic amines is 1. The van der Waals surface area contributed by atoms with Crippen LogP contribution in [0.1, 0.15) is 32.2 Å². The van der Waals surface area contributed by atoms with E-state index in [1.807, 2.05) is 38.1 Å². The third-order valence-corrected chi connectivity index (χ3v) is 6.99. The predicted octanol–water partition coefficient (Wildman–Crippen LogP) is 6.27. The van der Waals surface area contributed by atoms with Crippen LogP contribution in [0.25, 0.3) is 10.1 Å². The Morgan fingerprint density at radius 3 is 2.58 bits per heavy atom. The van der Waals surface area contributed by atoms with Gasteiger partial charge in [-0.2, -0.15) is 5.10 Å². The Morgan fingerprint density at radius 1 is 1.16 bits per heavy atom. The maximum Gasteiger partial charge on any atom is 0.269 e. The Balaban J connectivity index is 1.40.